The van der Waals surface area contributed by atoms with E-state index in [4.69, 9.17) is 4.74 Å². The molecule has 2 aromatic rings. The lowest BCUT2D eigenvalue weighted by Gasteiger charge is -2.05. The first kappa shape index (κ1) is 15.3. The largest absolute Gasteiger partial charge is 0.484 e. The van der Waals surface area contributed by atoms with Crippen LogP contribution in [0.1, 0.15) is 11.1 Å². The maximum absolute atomic E-state index is 11.6. The molecule has 2 rings (SSSR count). The van der Waals surface area contributed by atoms with Crippen LogP contribution in [0.3, 0.4) is 0 Å². The predicted octanol–water partition coefficient (Wildman–Crippen LogP) is 3.29. The van der Waals surface area contributed by atoms with Crippen molar-refractivity contribution in [2.75, 3.05) is 6.61 Å². The third-order valence-corrected chi connectivity index (χ3v) is 3.16. The van der Waals surface area contributed by atoms with E-state index in [1.165, 1.54) is 0 Å². The summed E-state index contributed by atoms with van der Waals surface area (Å²) >= 11 is 3.35. The topological polar surface area (TPSA) is 50.7 Å². The lowest BCUT2D eigenvalue weighted by Crippen LogP contribution is -2.24. The Morgan fingerprint density at radius 3 is 2.76 bits per heavy atom. The van der Waals surface area contributed by atoms with E-state index in [1.54, 1.807) is 6.21 Å². The van der Waals surface area contributed by atoms with Gasteiger partial charge in [-0.15, -0.1) is 0 Å². The highest BCUT2D eigenvalue weighted by Gasteiger charge is 2.01. The minimum absolute atomic E-state index is 0.0683. The summed E-state index contributed by atoms with van der Waals surface area (Å²) in [5.41, 5.74) is 4.41. The molecule has 5 heteroatoms. The quantitative estimate of drug-likeness (QED) is 0.667. The number of nitrogens with zero attached hydrogens (tertiary/aromatic N) is 1. The Kier molecular flexibility index (Phi) is 5.51. The number of nitrogens with one attached hydrogen (secondary N) is 1. The van der Waals surface area contributed by atoms with Gasteiger partial charge in [-0.1, -0.05) is 40.2 Å². The number of halogens is 1. The van der Waals surface area contributed by atoms with Crippen LogP contribution in [0.2, 0.25) is 0 Å². The van der Waals surface area contributed by atoms with Crippen LogP contribution >= 0.6 is 15.9 Å². The Morgan fingerprint density at radius 1 is 1.29 bits per heavy atom. The summed E-state index contributed by atoms with van der Waals surface area (Å²) in [6.45, 7) is 1.90. The molecule has 0 aliphatic carbocycles. The molecule has 0 aromatic heterocycles. The minimum atomic E-state index is -0.301. The molecule has 108 valence electrons. The van der Waals surface area contributed by atoms with Crippen molar-refractivity contribution in [1.29, 1.82) is 0 Å². The van der Waals surface area contributed by atoms with E-state index in [0.29, 0.717) is 5.75 Å². The van der Waals surface area contributed by atoms with Crippen LogP contribution in [0.25, 0.3) is 0 Å². The van der Waals surface area contributed by atoms with Crippen LogP contribution in [0.5, 0.6) is 5.75 Å². The fourth-order valence-corrected chi connectivity index (χ4v) is 1.88. The molecule has 0 aliphatic heterocycles. The van der Waals surface area contributed by atoms with E-state index < -0.39 is 0 Å². The normalized spacial score (nSPS) is 10.6. The first-order chi connectivity index (χ1) is 10.1. The van der Waals surface area contributed by atoms with Gasteiger partial charge in [-0.25, -0.2) is 5.43 Å². The number of hydrazone groups is 1. The fourth-order valence-electron chi connectivity index (χ4n) is 1.61. The Bertz CT molecular complexity index is 639. The maximum atomic E-state index is 11.6. The number of aryl methyl sites for hydroxylation is 1. The molecule has 0 unspecified atom stereocenters. The number of hydrogen-bond acceptors (Lipinski definition) is 3. The van der Waals surface area contributed by atoms with Crippen molar-refractivity contribution < 1.29 is 9.53 Å². The van der Waals surface area contributed by atoms with Crippen molar-refractivity contribution in [3.8, 4) is 5.75 Å². The molecule has 1 amide bonds. The Labute approximate surface area is 132 Å². The zero-order valence-electron chi connectivity index (χ0n) is 11.5. The molecular formula is C16H15BrN2O2. The molecule has 0 saturated heterocycles. The number of hydrogen-bond donors (Lipinski definition) is 1. The summed E-state index contributed by atoms with van der Waals surface area (Å²) in [5.74, 6) is 0.368. The molecule has 0 spiro atoms. The average Bonchev–Trinajstić information content (AvgIpc) is 2.47. The molecule has 0 fully saturated rings. The van der Waals surface area contributed by atoms with Gasteiger partial charge in [0.05, 0.1) is 6.21 Å². The van der Waals surface area contributed by atoms with Crippen molar-refractivity contribution in [2.45, 2.75) is 6.92 Å². The van der Waals surface area contributed by atoms with Crippen molar-refractivity contribution in [3.63, 3.8) is 0 Å². The zero-order chi connectivity index (χ0) is 15.1. The summed E-state index contributed by atoms with van der Waals surface area (Å²) in [6, 6.07) is 15.1. The highest BCUT2D eigenvalue weighted by Crippen LogP contribution is 2.12. The standard InChI is InChI=1S/C16H15BrN2O2/c1-12-3-2-4-15(9-12)21-11-16(20)19-18-10-13-5-7-14(17)8-6-13/h2-10H,11H2,1H3,(H,19,20)/b18-10-. The van der Waals surface area contributed by atoms with Crippen molar-refractivity contribution in [2.24, 2.45) is 5.10 Å². The fraction of sp³-hybridized carbons (Fsp3) is 0.125. The molecule has 0 saturated carbocycles. The van der Waals surface area contributed by atoms with E-state index in [2.05, 4.69) is 26.5 Å². The van der Waals surface area contributed by atoms with Crippen LogP contribution in [-0.2, 0) is 4.79 Å². The monoisotopic (exact) mass is 346 g/mol. The number of amides is 1. The second kappa shape index (κ2) is 7.59. The van der Waals surface area contributed by atoms with E-state index in [0.717, 1.165) is 15.6 Å². The van der Waals surface area contributed by atoms with Gasteiger partial charge in [-0.2, -0.15) is 5.10 Å². The molecule has 0 heterocycles. The minimum Gasteiger partial charge on any atom is -0.484 e. The second-order valence-electron chi connectivity index (χ2n) is 4.45. The zero-order valence-corrected chi connectivity index (χ0v) is 13.1. The third kappa shape index (κ3) is 5.39. The summed E-state index contributed by atoms with van der Waals surface area (Å²) in [7, 11) is 0. The molecule has 0 atom stereocenters. The maximum Gasteiger partial charge on any atom is 0.277 e. The molecule has 2 aromatic carbocycles. The Hall–Kier alpha value is -2.14. The van der Waals surface area contributed by atoms with Crippen LogP contribution < -0.4 is 10.2 Å². The van der Waals surface area contributed by atoms with Gasteiger partial charge >= 0.3 is 0 Å². The number of carbonyl (C=O) groups is 1. The number of ether oxygens (including phenoxy) is 1. The van der Waals surface area contributed by atoms with E-state index in [9.17, 15) is 4.79 Å². The molecule has 1 N–H and O–H groups in total. The van der Waals surface area contributed by atoms with Crippen LogP contribution in [0, 0.1) is 6.92 Å². The second-order valence-corrected chi connectivity index (χ2v) is 5.37. The first-order valence-corrected chi connectivity index (χ1v) is 7.20. The van der Waals surface area contributed by atoms with Gasteiger partial charge in [0, 0.05) is 4.47 Å². The van der Waals surface area contributed by atoms with E-state index in [1.807, 2.05) is 55.5 Å². The van der Waals surface area contributed by atoms with Gasteiger partial charge in [0.1, 0.15) is 5.75 Å². The Balaban J connectivity index is 1.78. The molecule has 21 heavy (non-hydrogen) atoms. The highest BCUT2D eigenvalue weighted by atomic mass is 79.9. The van der Waals surface area contributed by atoms with Crippen molar-refractivity contribution >= 4 is 28.1 Å². The Morgan fingerprint density at radius 2 is 2.05 bits per heavy atom. The van der Waals surface area contributed by atoms with E-state index in [-0.39, 0.29) is 12.5 Å². The molecule has 0 aliphatic rings. The van der Waals surface area contributed by atoms with Gasteiger partial charge in [-0.05, 0) is 42.3 Å². The highest BCUT2D eigenvalue weighted by molar-refractivity contribution is 9.10. The predicted molar refractivity (Wildman–Crippen MR) is 86.6 cm³/mol. The lowest BCUT2D eigenvalue weighted by atomic mass is 10.2. The van der Waals surface area contributed by atoms with Gasteiger partial charge < -0.3 is 4.74 Å². The van der Waals surface area contributed by atoms with E-state index >= 15 is 0 Å². The third-order valence-electron chi connectivity index (χ3n) is 2.63. The van der Waals surface area contributed by atoms with Crippen molar-refractivity contribution in [1.82, 2.24) is 5.43 Å². The average molecular weight is 347 g/mol. The van der Waals surface area contributed by atoms with Gasteiger partial charge in [0.2, 0.25) is 0 Å². The van der Waals surface area contributed by atoms with Crippen LogP contribution in [-0.4, -0.2) is 18.7 Å². The summed E-state index contributed by atoms with van der Waals surface area (Å²) < 4.78 is 6.37. The lowest BCUT2D eigenvalue weighted by molar-refractivity contribution is -0.123. The summed E-state index contributed by atoms with van der Waals surface area (Å²) in [6.07, 6.45) is 1.58. The molecular weight excluding hydrogens is 332 g/mol. The summed E-state index contributed by atoms with van der Waals surface area (Å²) in [4.78, 5) is 11.6. The van der Waals surface area contributed by atoms with Crippen LogP contribution in [0.15, 0.2) is 58.1 Å². The van der Waals surface area contributed by atoms with Crippen LogP contribution in [0.4, 0.5) is 0 Å². The number of carbonyl (C=O) groups excluding carboxylic acids is 1. The van der Waals surface area contributed by atoms with Gasteiger partial charge in [-0.3, -0.25) is 4.79 Å². The SMILES string of the molecule is Cc1cccc(OCC(=O)N/N=C\c2ccc(Br)cc2)c1. The first-order valence-electron chi connectivity index (χ1n) is 6.40. The van der Waals surface area contributed by atoms with Gasteiger partial charge in [0.15, 0.2) is 6.61 Å². The molecule has 0 radical (unpaired) electrons. The number of benzene rings is 2. The molecule has 4 nitrogen and oxygen atoms in total. The number of rotatable bonds is 5. The summed E-state index contributed by atoms with van der Waals surface area (Å²) in [5, 5.41) is 3.88. The molecule has 0 bridgehead atoms. The van der Waals surface area contributed by atoms with Crippen molar-refractivity contribution in [3.05, 3.63) is 64.1 Å². The van der Waals surface area contributed by atoms with Gasteiger partial charge in [0.25, 0.3) is 5.91 Å². The smallest absolute Gasteiger partial charge is 0.277 e.